The molecule has 3 rings (SSSR count). The van der Waals surface area contributed by atoms with Crippen molar-refractivity contribution >= 4 is 5.91 Å². The first kappa shape index (κ1) is 13.5. The number of fused-ring (bicyclic) bond motifs is 1. The number of nitrogens with zero attached hydrogens (tertiary/aromatic N) is 3. The van der Waals surface area contributed by atoms with Gasteiger partial charge in [0.15, 0.2) is 0 Å². The lowest BCUT2D eigenvalue weighted by Crippen LogP contribution is -2.29. The Balaban J connectivity index is 1.75. The number of amides is 1. The van der Waals surface area contributed by atoms with Crippen molar-refractivity contribution in [3.05, 3.63) is 11.8 Å². The first-order chi connectivity index (χ1) is 9.39. The molecule has 0 radical (unpaired) electrons. The summed E-state index contributed by atoms with van der Waals surface area (Å²) in [6.45, 7) is 4.05. The predicted molar refractivity (Wildman–Crippen MR) is 65.4 cm³/mol. The van der Waals surface area contributed by atoms with E-state index in [1.165, 1.54) is 13.8 Å². The largest absolute Gasteiger partial charge is 0.416 e. The van der Waals surface area contributed by atoms with Gasteiger partial charge < -0.3 is 9.32 Å². The van der Waals surface area contributed by atoms with E-state index in [1.807, 2.05) is 0 Å². The van der Waals surface area contributed by atoms with E-state index >= 15 is 0 Å². The third-order valence-electron chi connectivity index (χ3n) is 4.48. The number of rotatable bonds is 3. The summed E-state index contributed by atoms with van der Waals surface area (Å²) < 4.78 is 31.0. The fraction of sp³-hybridized carbons (Fsp3) is 0.769. The highest BCUT2D eigenvalue weighted by molar-refractivity contribution is 5.89. The maximum atomic E-state index is 12.9. The van der Waals surface area contributed by atoms with E-state index in [0.29, 0.717) is 24.9 Å². The average molecular weight is 285 g/mol. The molecule has 1 aliphatic carbocycles. The Bertz CT molecular complexity index is 517. The van der Waals surface area contributed by atoms with Crippen LogP contribution in [0, 0.1) is 11.8 Å². The van der Waals surface area contributed by atoms with Gasteiger partial charge in [0.25, 0.3) is 6.43 Å². The predicted octanol–water partition coefficient (Wildman–Crippen LogP) is 2.09. The van der Waals surface area contributed by atoms with E-state index < -0.39 is 11.8 Å². The average Bonchev–Trinajstić information content (AvgIpc) is 2.95. The third-order valence-corrected chi connectivity index (χ3v) is 4.48. The van der Waals surface area contributed by atoms with Gasteiger partial charge in [0.1, 0.15) is 5.41 Å². The van der Waals surface area contributed by atoms with Crippen LogP contribution in [0.1, 0.15) is 43.3 Å². The Morgan fingerprint density at radius 3 is 2.40 bits per heavy atom. The van der Waals surface area contributed by atoms with E-state index in [2.05, 4.69) is 10.2 Å². The molecule has 2 heterocycles. The molecule has 1 saturated heterocycles. The normalized spacial score (nSPS) is 25.8. The number of alkyl halides is 2. The minimum absolute atomic E-state index is 0.185. The molecule has 110 valence electrons. The summed E-state index contributed by atoms with van der Waals surface area (Å²) in [5, 5.41) is 7.25. The molecule has 0 bridgehead atoms. The molecule has 0 aromatic carbocycles. The van der Waals surface area contributed by atoms with Crippen LogP contribution in [0.25, 0.3) is 0 Å². The highest BCUT2D eigenvalue weighted by Gasteiger charge is 2.43. The van der Waals surface area contributed by atoms with Gasteiger partial charge in [-0.1, -0.05) is 0 Å². The molecule has 1 aromatic heterocycles. The zero-order valence-corrected chi connectivity index (χ0v) is 11.5. The fourth-order valence-electron chi connectivity index (χ4n) is 2.72. The van der Waals surface area contributed by atoms with Crippen LogP contribution in [0.2, 0.25) is 0 Å². The van der Waals surface area contributed by atoms with E-state index in [4.69, 9.17) is 4.42 Å². The van der Waals surface area contributed by atoms with Gasteiger partial charge in [-0.2, -0.15) is 0 Å². The van der Waals surface area contributed by atoms with Crippen LogP contribution in [0.3, 0.4) is 0 Å². The van der Waals surface area contributed by atoms with Crippen molar-refractivity contribution in [2.45, 2.75) is 38.5 Å². The standard InChI is InChI=1S/C13H17F2N3O2/c1-13(2,11(14)15)12-17-16-9(20-12)10(19)18-5-7-3-4-8(7)6-18/h7-8,11H,3-6H2,1-2H3/t7-,8+. The monoisotopic (exact) mass is 285 g/mol. The first-order valence-electron chi connectivity index (χ1n) is 6.81. The molecular formula is C13H17F2N3O2. The molecule has 1 amide bonds. The van der Waals surface area contributed by atoms with Crippen molar-refractivity contribution < 1.29 is 18.0 Å². The molecule has 20 heavy (non-hydrogen) atoms. The number of hydrogen-bond donors (Lipinski definition) is 0. The van der Waals surface area contributed by atoms with Gasteiger partial charge in [-0.3, -0.25) is 4.79 Å². The maximum Gasteiger partial charge on any atom is 0.311 e. The molecule has 0 N–H and O–H groups in total. The Morgan fingerprint density at radius 2 is 1.90 bits per heavy atom. The topological polar surface area (TPSA) is 59.2 Å². The van der Waals surface area contributed by atoms with Gasteiger partial charge in [-0.25, -0.2) is 8.78 Å². The van der Waals surface area contributed by atoms with Crippen molar-refractivity contribution in [3.8, 4) is 0 Å². The summed E-state index contributed by atoms with van der Waals surface area (Å²) in [4.78, 5) is 13.9. The van der Waals surface area contributed by atoms with Crippen molar-refractivity contribution in [1.29, 1.82) is 0 Å². The van der Waals surface area contributed by atoms with Gasteiger partial charge in [0.2, 0.25) is 5.89 Å². The van der Waals surface area contributed by atoms with Crippen LogP contribution < -0.4 is 0 Å². The quantitative estimate of drug-likeness (QED) is 0.853. The lowest BCUT2D eigenvalue weighted by molar-refractivity contribution is 0.0516. The molecule has 2 atom stereocenters. The van der Waals surface area contributed by atoms with Crippen LogP contribution in [0.4, 0.5) is 8.78 Å². The Morgan fingerprint density at radius 1 is 1.30 bits per heavy atom. The summed E-state index contributed by atoms with van der Waals surface area (Å²) in [5.74, 6) is 0.439. The van der Waals surface area contributed by atoms with Gasteiger partial charge in [-0.05, 0) is 38.5 Å². The summed E-state index contributed by atoms with van der Waals surface area (Å²) in [6, 6.07) is 0. The minimum Gasteiger partial charge on any atom is -0.416 e. The highest BCUT2D eigenvalue weighted by Crippen LogP contribution is 2.40. The van der Waals surface area contributed by atoms with E-state index in [1.54, 1.807) is 4.90 Å². The number of aromatic nitrogens is 2. The van der Waals surface area contributed by atoms with E-state index in [-0.39, 0.29) is 17.7 Å². The Kier molecular flexibility index (Phi) is 3.02. The highest BCUT2D eigenvalue weighted by atomic mass is 19.3. The smallest absolute Gasteiger partial charge is 0.311 e. The third kappa shape index (κ3) is 1.99. The Labute approximate surface area is 115 Å². The van der Waals surface area contributed by atoms with Crippen LogP contribution >= 0.6 is 0 Å². The molecule has 0 unspecified atom stereocenters. The summed E-state index contributed by atoms with van der Waals surface area (Å²) in [6.07, 6.45) is -0.322. The molecule has 2 aliphatic rings. The van der Waals surface area contributed by atoms with E-state index in [9.17, 15) is 13.6 Å². The van der Waals surface area contributed by atoms with Crippen molar-refractivity contribution in [1.82, 2.24) is 15.1 Å². The minimum atomic E-state index is -2.63. The number of hydrogen-bond acceptors (Lipinski definition) is 4. The van der Waals surface area contributed by atoms with Crippen molar-refractivity contribution in [3.63, 3.8) is 0 Å². The van der Waals surface area contributed by atoms with Crippen LogP contribution in [-0.2, 0) is 5.41 Å². The number of carbonyl (C=O) groups excluding carboxylic acids is 1. The molecule has 1 aliphatic heterocycles. The molecule has 1 aromatic rings. The van der Waals surface area contributed by atoms with Gasteiger partial charge in [0.05, 0.1) is 0 Å². The lowest BCUT2D eigenvalue weighted by Gasteiger charge is -2.27. The second-order valence-electron chi connectivity index (χ2n) is 6.24. The van der Waals surface area contributed by atoms with Crippen LogP contribution in [0.5, 0.6) is 0 Å². The summed E-state index contributed by atoms with van der Waals surface area (Å²) in [7, 11) is 0. The zero-order valence-electron chi connectivity index (χ0n) is 11.5. The van der Waals surface area contributed by atoms with Gasteiger partial charge in [0, 0.05) is 13.1 Å². The van der Waals surface area contributed by atoms with Crippen LogP contribution in [-0.4, -0.2) is 40.5 Å². The molecule has 7 heteroatoms. The lowest BCUT2D eigenvalue weighted by atomic mass is 9.77. The second-order valence-corrected chi connectivity index (χ2v) is 6.24. The second kappa shape index (κ2) is 4.49. The van der Waals surface area contributed by atoms with Crippen LogP contribution in [0.15, 0.2) is 4.42 Å². The molecule has 1 saturated carbocycles. The maximum absolute atomic E-state index is 12.9. The fourth-order valence-corrected chi connectivity index (χ4v) is 2.72. The molecule has 5 nitrogen and oxygen atoms in total. The van der Waals surface area contributed by atoms with E-state index in [0.717, 1.165) is 12.8 Å². The summed E-state index contributed by atoms with van der Waals surface area (Å²) in [5.41, 5.74) is -1.55. The summed E-state index contributed by atoms with van der Waals surface area (Å²) >= 11 is 0. The van der Waals surface area contributed by atoms with Gasteiger partial charge in [-0.15, -0.1) is 10.2 Å². The van der Waals surface area contributed by atoms with Crippen molar-refractivity contribution in [2.24, 2.45) is 11.8 Å². The van der Waals surface area contributed by atoms with Crippen molar-refractivity contribution in [2.75, 3.05) is 13.1 Å². The molecular weight excluding hydrogens is 268 g/mol. The number of halogens is 2. The van der Waals surface area contributed by atoms with Gasteiger partial charge >= 0.3 is 11.8 Å². The Hall–Kier alpha value is -1.53. The SMILES string of the molecule is CC(C)(c1nnc(C(=O)N2C[C@H]3CC[C@H]3C2)o1)C(F)F. The zero-order chi connectivity index (χ0) is 14.5. The molecule has 0 spiro atoms. The molecule has 2 fully saturated rings. The number of carbonyl (C=O) groups is 1. The number of likely N-dealkylation sites (tertiary alicyclic amines) is 1. The first-order valence-corrected chi connectivity index (χ1v) is 6.81.